The average Bonchev–Trinajstić information content (AvgIpc) is 3.39. The van der Waals surface area contributed by atoms with Crippen molar-refractivity contribution in [2.75, 3.05) is 20.2 Å². The number of methoxy groups -OCH3 is 1. The van der Waals surface area contributed by atoms with Gasteiger partial charge < -0.3 is 18.5 Å². The van der Waals surface area contributed by atoms with Crippen LogP contribution in [0.5, 0.6) is 5.75 Å². The normalized spacial score (nSPS) is 15.2. The summed E-state index contributed by atoms with van der Waals surface area (Å²) in [7, 11) is 1.61. The Kier molecular flexibility index (Phi) is 4.43. The largest absolute Gasteiger partial charge is 0.496 e. The SMILES string of the molecule is COc1ccccc1-c1nnc(C2CCN(C(=O)c3ccco3)CC2)o1. The Labute approximate surface area is 150 Å². The molecule has 1 aromatic carbocycles. The number of amides is 1. The Hall–Kier alpha value is -3.09. The van der Waals surface area contributed by atoms with Crippen molar-refractivity contribution in [1.82, 2.24) is 15.1 Å². The topological polar surface area (TPSA) is 81.6 Å². The Morgan fingerprint density at radius 3 is 2.69 bits per heavy atom. The number of para-hydroxylation sites is 1. The quantitative estimate of drug-likeness (QED) is 0.715. The fraction of sp³-hybridized carbons (Fsp3) is 0.316. The van der Waals surface area contributed by atoms with Gasteiger partial charge in [-0.1, -0.05) is 12.1 Å². The Morgan fingerprint density at radius 1 is 1.15 bits per heavy atom. The molecular weight excluding hydrogens is 334 g/mol. The second kappa shape index (κ2) is 7.03. The molecule has 1 amide bonds. The van der Waals surface area contributed by atoms with Crippen LogP contribution >= 0.6 is 0 Å². The highest BCUT2D eigenvalue weighted by molar-refractivity contribution is 5.91. The summed E-state index contributed by atoms with van der Waals surface area (Å²) in [5.74, 6) is 2.20. The lowest BCUT2D eigenvalue weighted by atomic mass is 9.96. The number of benzene rings is 1. The molecule has 1 fully saturated rings. The number of carbonyl (C=O) groups excluding carboxylic acids is 1. The molecule has 1 aliphatic rings. The van der Waals surface area contributed by atoms with Gasteiger partial charge in [0, 0.05) is 19.0 Å². The summed E-state index contributed by atoms with van der Waals surface area (Å²) in [4.78, 5) is 14.1. The maximum Gasteiger partial charge on any atom is 0.289 e. The van der Waals surface area contributed by atoms with Crippen LogP contribution in [-0.2, 0) is 0 Å². The number of aromatic nitrogens is 2. The van der Waals surface area contributed by atoms with Crippen molar-refractivity contribution in [2.45, 2.75) is 18.8 Å². The zero-order chi connectivity index (χ0) is 17.9. The average molecular weight is 353 g/mol. The van der Waals surface area contributed by atoms with Crippen molar-refractivity contribution in [3.63, 3.8) is 0 Å². The Morgan fingerprint density at radius 2 is 1.96 bits per heavy atom. The summed E-state index contributed by atoms with van der Waals surface area (Å²) in [6.45, 7) is 1.27. The molecule has 1 aliphatic heterocycles. The molecule has 0 spiro atoms. The molecule has 4 rings (SSSR count). The van der Waals surface area contributed by atoms with Gasteiger partial charge in [-0.25, -0.2) is 0 Å². The van der Waals surface area contributed by atoms with Crippen LogP contribution in [0.4, 0.5) is 0 Å². The van der Waals surface area contributed by atoms with E-state index >= 15 is 0 Å². The van der Waals surface area contributed by atoms with Crippen LogP contribution in [0.3, 0.4) is 0 Å². The van der Waals surface area contributed by atoms with Crippen LogP contribution in [0.2, 0.25) is 0 Å². The van der Waals surface area contributed by atoms with E-state index < -0.39 is 0 Å². The van der Waals surface area contributed by atoms with Crippen LogP contribution in [-0.4, -0.2) is 41.2 Å². The monoisotopic (exact) mass is 353 g/mol. The molecule has 0 radical (unpaired) electrons. The molecule has 3 heterocycles. The third kappa shape index (κ3) is 3.08. The van der Waals surface area contributed by atoms with E-state index in [1.807, 2.05) is 24.3 Å². The summed E-state index contributed by atoms with van der Waals surface area (Å²) in [5.41, 5.74) is 0.777. The summed E-state index contributed by atoms with van der Waals surface area (Å²) in [6, 6.07) is 11.0. The van der Waals surface area contributed by atoms with Crippen LogP contribution in [0.25, 0.3) is 11.5 Å². The number of carbonyl (C=O) groups is 1. The van der Waals surface area contributed by atoms with E-state index in [1.54, 1.807) is 24.1 Å². The highest BCUT2D eigenvalue weighted by Crippen LogP contribution is 2.33. The molecule has 7 heteroatoms. The molecule has 2 aromatic heterocycles. The molecule has 3 aromatic rings. The number of piperidine rings is 1. The van der Waals surface area contributed by atoms with Gasteiger partial charge in [-0.05, 0) is 37.1 Å². The maximum atomic E-state index is 12.3. The maximum absolute atomic E-state index is 12.3. The van der Waals surface area contributed by atoms with E-state index in [2.05, 4.69) is 10.2 Å². The molecule has 0 aliphatic carbocycles. The summed E-state index contributed by atoms with van der Waals surface area (Å²) >= 11 is 0. The smallest absolute Gasteiger partial charge is 0.289 e. The Balaban J connectivity index is 1.44. The summed E-state index contributed by atoms with van der Waals surface area (Å²) < 4.78 is 16.4. The van der Waals surface area contributed by atoms with Crippen molar-refractivity contribution >= 4 is 5.91 Å². The van der Waals surface area contributed by atoms with Gasteiger partial charge in [0.2, 0.25) is 5.89 Å². The molecule has 0 atom stereocenters. The van der Waals surface area contributed by atoms with Crippen LogP contribution in [0.15, 0.2) is 51.5 Å². The van der Waals surface area contributed by atoms with Crippen molar-refractivity contribution in [3.8, 4) is 17.2 Å². The summed E-state index contributed by atoms with van der Waals surface area (Å²) in [6.07, 6.45) is 3.07. The molecule has 7 nitrogen and oxygen atoms in total. The molecule has 0 N–H and O–H groups in total. The second-order valence-corrected chi connectivity index (χ2v) is 6.19. The van der Waals surface area contributed by atoms with Crippen molar-refractivity contribution in [1.29, 1.82) is 0 Å². The minimum Gasteiger partial charge on any atom is -0.496 e. The molecule has 134 valence electrons. The van der Waals surface area contributed by atoms with Crippen LogP contribution < -0.4 is 4.74 Å². The van der Waals surface area contributed by atoms with Gasteiger partial charge in [-0.2, -0.15) is 0 Å². The number of hydrogen-bond acceptors (Lipinski definition) is 6. The Bertz CT molecular complexity index is 880. The third-order valence-electron chi connectivity index (χ3n) is 4.64. The lowest BCUT2D eigenvalue weighted by Gasteiger charge is -2.29. The van der Waals surface area contributed by atoms with Crippen molar-refractivity contribution < 1.29 is 18.4 Å². The summed E-state index contributed by atoms with van der Waals surface area (Å²) in [5, 5.41) is 8.39. The van der Waals surface area contributed by atoms with E-state index in [4.69, 9.17) is 13.6 Å². The van der Waals surface area contributed by atoms with Gasteiger partial charge >= 0.3 is 0 Å². The third-order valence-corrected chi connectivity index (χ3v) is 4.64. The number of nitrogens with zero attached hydrogens (tertiary/aromatic N) is 3. The number of likely N-dealkylation sites (tertiary alicyclic amines) is 1. The van der Waals surface area contributed by atoms with Gasteiger partial charge in [0.25, 0.3) is 11.8 Å². The van der Waals surface area contributed by atoms with Gasteiger partial charge in [-0.3, -0.25) is 4.79 Å². The minimum atomic E-state index is -0.0753. The first-order valence-corrected chi connectivity index (χ1v) is 8.56. The molecule has 1 saturated heterocycles. The highest BCUT2D eigenvalue weighted by atomic mass is 16.5. The van der Waals surface area contributed by atoms with Gasteiger partial charge in [-0.15, -0.1) is 10.2 Å². The number of rotatable bonds is 4. The highest BCUT2D eigenvalue weighted by Gasteiger charge is 2.29. The van der Waals surface area contributed by atoms with Crippen molar-refractivity contribution in [2.24, 2.45) is 0 Å². The van der Waals surface area contributed by atoms with Gasteiger partial charge in [0.05, 0.1) is 18.9 Å². The fourth-order valence-corrected chi connectivity index (χ4v) is 3.22. The lowest BCUT2D eigenvalue weighted by Crippen LogP contribution is -2.37. The van der Waals surface area contributed by atoms with Gasteiger partial charge in [0.1, 0.15) is 5.75 Å². The molecule has 0 bridgehead atoms. The van der Waals surface area contributed by atoms with Crippen molar-refractivity contribution in [3.05, 3.63) is 54.3 Å². The zero-order valence-electron chi connectivity index (χ0n) is 14.4. The van der Waals surface area contributed by atoms with Gasteiger partial charge in [0.15, 0.2) is 5.76 Å². The molecule has 0 unspecified atom stereocenters. The first-order chi connectivity index (χ1) is 12.8. The lowest BCUT2D eigenvalue weighted by molar-refractivity contribution is 0.0674. The van der Waals surface area contributed by atoms with E-state index in [-0.39, 0.29) is 11.8 Å². The first-order valence-electron chi connectivity index (χ1n) is 8.56. The van der Waals surface area contributed by atoms with Crippen LogP contribution in [0, 0.1) is 0 Å². The fourth-order valence-electron chi connectivity index (χ4n) is 3.22. The number of hydrogen-bond donors (Lipinski definition) is 0. The number of ether oxygens (including phenoxy) is 1. The predicted octanol–water partition coefficient (Wildman–Crippen LogP) is 3.36. The molecule has 26 heavy (non-hydrogen) atoms. The minimum absolute atomic E-state index is 0.0753. The second-order valence-electron chi connectivity index (χ2n) is 6.19. The molecular formula is C19H19N3O4. The zero-order valence-corrected chi connectivity index (χ0v) is 14.4. The number of furan rings is 1. The van der Waals surface area contributed by atoms with E-state index in [1.165, 1.54) is 6.26 Å². The van der Waals surface area contributed by atoms with Crippen LogP contribution in [0.1, 0.15) is 35.2 Å². The molecule has 0 saturated carbocycles. The first kappa shape index (κ1) is 16.4. The van der Waals surface area contributed by atoms with E-state index in [9.17, 15) is 4.79 Å². The predicted molar refractivity (Wildman–Crippen MR) is 92.9 cm³/mol. The standard InChI is InChI=1S/C19H19N3O4/c1-24-15-6-3-2-5-14(15)18-21-20-17(26-18)13-8-10-22(11-9-13)19(23)16-7-4-12-25-16/h2-7,12-13H,8-11H2,1H3. The van der Waals surface area contributed by atoms with E-state index in [0.29, 0.717) is 36.4 Å². The van der Waals surface area contributed by atoms with E-state index in [0.717, 1.165) is 18.4 Å².